The van der Waals surface area contributed by atoms with Gasteiger partial charge in [0.2, 0.25) is 5.72 Å². The van der Waals surface area contributed by atoms with Gasteiger partial charge in [0.1, 0.15) is 0 Å². The summed E-state index contributed by atoms with van der Waals surface area (Å²) < 4.78 is 0. The maximum Gasteiger partial charge on any atom is 0.352 e. The van der Waals surface area contributed by atoms with Crippen LogP contribution < -0.4 is 11.5 Å². The maximum absolute atomic E-state index is 10.0. The SMILES string of the molecule is CC(N)C(N)(O)C(=O)O. The summed E-state index contributed by atoms with van der Waals surface area (Å²) in [6.07, 6.45) is 0. The third-order valence-corrected chi connectivity index (χ3v) is 1.04. The van der Waals surface area contributed by atoms with Gasteiger partial charge in [-0.15, -0.1) is 0 Å². The minimum atomic E-state index is -2.31. The van der Waals surface area contributed by atoms with Crippen LogP contribution in [0.3, 0.4) is 0 Å². The minimum absolute atomic E-state index is 0.977. The Kier molecular flexibility index (Phi) is 2.13. The lowest BCUT2D eigenvalue weighted by Crippen LogP contribution is -2.59. The molecular weight excluding hydrogens is 124 g/mol. The Balaban J connectivity index is 4.19. The van der Waals surface area contributed by atoms with Crippen LogP contribution in [0.15, 0.2) is 0 Å². The molecule has 0 aromatic heterocycles. The second-order valence-electron chi connectivity index (χ2n) is 1.92. The van der Waals surface area contributed by atoms with E-state index in [1.807, 2.05) is 0 Å². The molecule has 2 unspecified atom stereocenters. The van der Waals surface area contributed by atoms with Crippen LogP contribution in [0.25, 0.3) is 0 Å². The standard InChI is InChI=1S/C4H10N2O3/c1-2(5)4(6,9)3(7)8/h2,9H,5-6H2,1H3,(H,7,8). The van der Waals surface area contributed by atoms with E-state index in [-0.39, 0.29) is 0 Å². The van der Waals surface area contributed by atoms with Gasteiger partial charge in [0, 0.05) is 0 Å². The first-order valence-electron chi connectivity index (χ1n) is 2.39. The Morgan fingerprint density at radius 2 is 2.11 bits per heavy atom. The number of carboxylic acid groups (broad SMARTS) is 1. The number of aliphatic carboxylic acids is 1. The molecule has 0 aliphatic carbocycles. The third kappa shape index (κ3) is 1.63. The van der Waals surface area contributed by atoms with Crippen LogP contribution in [-0.4, -0.2) is 27.9 Å². The topological polar surface area (TPSA) is 110 Å². The van der Waals surface area contributed by atoms with Crippen LogP contribution in [0.4, 0.5) is 0 Å². The molecule has 0 aromatic rings. The number of nitrogens with two attached hydrogens (primary N) is 2. The fourth-order valence-electron chi connectivity index (χ4n) is 0.195. The fraction of sp³-hybridized carbons (Fsp3) is 0.750. The number of carbonyl (C=O) groups is 1. The Morgan fingerprint density at radius 3 is 2.11 bits per heavy atom. The molecule has 54 valence electrons. The summed E-state index contributed by atoms with van der Waals surface area (Å²) in [5, 5.41) is 16.9. The van der Waals surface area contributed by atoms with E-state index in [1.54, 1.807) is 0 Å². The summed E-state index contributed by atoms with van der Waals surface area (Å²) in [5.41, 5.74) is 7.54. The zero-order valence-corrected chi connectivity index (χ0v) is 5.03. The molecule has 2 atom stereocenters. The number of rotatable bonds is 2. The van der Waals surface area contributed by atoms with Gasteiger partial charge in [0.25, 0.3) is 0 Å². The third-order valence-electron chi connectivity index (χ3n) is 1.04. The van der Waals surface area contributed by atoms with Gasteiger partial charge in [-0.25, -0.2) is 4.79 Å². The Bertz CT molecular complexity index is 121. The van der Waals surface area contributed by atoms with E-state index < -0.39 is 17.7 Å². The second-order valence-corrected chi connectivity index (χ2v) is 1.92. The largest absolute Gasteiger partial charge is 0.478 e. The highest BCUT2D eigenvalue weighted by Gasteiger charge is 2.34. The van der Waals surface area contributed by atoms with Gasteiger partial charge in [0.15, 0.2) is 0 Å². The van der Waals surface area contributed by atoms with Crippen molar-refractivity contribution >= 4 is 5.97 Å². The van der Waals surface area contributed by atoms with Crippen LogP contribution >= 0.6 is 0 Å². The normalized spacial score (nSPS) is 20.4. The van der Waals surface area contributed by atoms with E-state index >= 15 is 0 Å². The number of hydrogen-bond acceptors (Lipinski definition) is 4. The zero-order valence-electron chi connectivity index (χ0n) is 5.03. The van der Waals surface area contributed by atoms with Crippen molar-refractivity contribution in [2.24, 2.45) is 11.5 Å². The van der Waals surface area contributed by atoms with Crippen LogP contribution in [-0.2, 0) is 4.79 Å². The highest BCUT2D eigenvalue weighted by Crippen LogP contribution is 1.98. The molecule has 0 saturated heterocycles. The molecule has 0 aliphatic heterocycles. The predicted octanol–water partition coefficient (Wildman–Crippen LogP) is -1.93. The summed E-state index contributed by atoms with van der Waals surface area (Å²) in [4.78, 5) is 10.0. The second kappa shape index (κ2) is 2.30. The van der Waals surface area contributed by atoms with E-state index in [4.69, 9.17) is 21.7 Å². The summed E-state index contributed by atoms with van der Waals surface area (Å²) >= 11 is 0. The molecule has 0 aliphatic rings. The summed E-state index contributed by atoms with van der Waals surface area (Å²) in [6, 6.07) is -0.977. The molecule has 0 radical (unpaired) electrons. The van der Waals surface area contributed by atoms with Gasteiger partial charge >= 0.3 is 5.97 Å². The molecule has 0 saturated carbocycles. The fourth-order valence-corrected chi connectivity index (χ4v) is 0.195. The molecule has 6 N–H and O–H groups in total. The van der Waals surface area contributed by atoms with Crippen molar-refractivity contribution in [3.63, 3.8) is 0 Å². The lowest BCUT2D eigenvalue weighted by molar-refractivity contribution is -0.159. The van der Waals surface area contributed by atoms with E-state index in [1.165, 1.54) is 6.92 Å². The van der Waals surface area contributed by atoms with E-state index in [0.29, 0.717) is 0 Å². The minimum Gasteiger partial charge on any atom is -0.478 e. The maximum atomic E-state index is 10.0. The molecule has 0 fully saturated rings. The molecule has 5 heteroatoms. The average Bonchev–Trinajstić information content (AvgIpc) is 1.65. The van der Waals surface area contributed by atoms with Crippen LogP contribution in [0.5, 0.6) is 0 Å². The monoisotopic (exact) mass is 134 g/mol. The van der Waals surface area contributed by atoms with Gasteiger partial charge in [-0.05, 0) is 6.92 Å². The van der Waals surface area contributed by atoms with E-state index in [9.17, 15) is 4.79 Å². The van der Waals surface area contributed by atoms with Crippen LogP contribution in [0.2, 0.25) is 0 Å². The average molecular weight is 134 g/mol. The number of hydrogen-bond donors (Lipinski definition) is 4. The van der Waals surface area contributed by atoms with E-state index in [0.717, 1.165) is 0 Å². The summed E-state index contributed by atoms with van der Waals surface area (Å²) in [6.45, 7) is 1.31. The van der Waals surface area contributed by atoms with Gasteiger partial charge in [0.05, 0.1) is 6.04 Å². The van der Waals surface area contributed by atoms with Gasteiger partial charge in [-0.2, -0.15) is 0 Å². The molecule has 0 rings (SSSR count). The lowest BCUT2D eigenvalue weighted by Gasteiger charge is -2.21. The molecule has 0 bridgehead atoms. The van der Waals surface area contributed by atoms with Gasteiger partial charge < -0.3 is 15.9 Å². The Labute approximate surface area is 52.3 Å². The van der Waals surface area contributed by atoms with Crippen LogP contribution in [0, 0.1) is 0 Å². The molecule has 0 aromatic carbocycles. The van der Waals surface area contributed by atoms with Crippen LogP contribution in [0.1, 0.15) is 6.92 Å². The molecule has 0 spiro atoms. The summed E-state index contributed by atoms with van der Waals surface area (Å²) in [7, 11) is 0. The quantitative estimate of drug-likeness (QED) is 0.329. The van der Waals surface area contributed by atoms with Crippen molar-refractivity contribution in [2.75, 3.05) is 0 Å². The van der Waals surface area contributed by atoms with Crippen molar-refractivity contribution in [3.05, 3.63) is 0 Å². The van der Waals surface area contributed by atoms with Gasteiger partial charge in [-0.1, -0.05) is 0 Å². The van der Waals surface area contributed by atoms with Crippen molar-refractivity contribution in [1.82, 2.24) is 0 Å². The lowest BCUT2D eigenvalue weighted by atomic mass is 10.1. The molecule has 9 heavy (non-hydrogen) atoms. The predicted molar refractivity (Wildman–Crippen MR) is 30.4 cm³/mol. The molecular formula is C4H10N2O3. The molecule has 5 nitrogen and oxygen atoms in total. The number of aliphatic hydroxyl groups is 1. The molecule has 0 amide bonds. The first-order valence-corrected chi connectivity index (χ1v) is 2.39. The summed E-state index contributed by atoms with van der Waals surface area (Å²) in [5.74, 6) is -1.52. The van der Waals surface area contributed by atoms with Crippen molar-refractivity contribution in [2.45, 2.75) is 18.7 Å². The Hall–Kier alpha value is -0.650. The highest BCUT2D eigenvalue weighted by atomic mass is 16.4. The number of carboxylic acids is 1. The molecule has 0 heterocycles. The first kappa shape index (κ1) is 8.35. The first-order chi connectivity index (χ1) is 3.89. The van der Waals surface area contributed by atoms with Crippen molar-refractivity contribution in [1.29, 1.82) is 0 Å². The van der Waals surface area contributed by atoms with E-state index in [2.05, 4.69) is 0 Å². The highest BCUT2D eigenvalue weighted by molar-refractivity contribution is 5.77. The van der Waals surface area contributed by atoms with Gasteiger partial charge in [-0.3, -0.25) is 5.73 Å². The van der Waals surface area contributed by atoms with Crippen molar-refractivity contribution < 1.29 is 15.0 Å². The Morgan fingerprint density at radius 1 is 1.78 bits per heavy atom. The smallest absolute Gasteiger partial charge is 0.352 e. The van der Waals surface area contributed by atoms with Crippen molar-refractivity contribution in [3.8, 4) is 0 Å². The zero-order chi connectivity index (χ0) is 7.65.